The fourth-order valence-corrected chi connectivity index (χ4v) is 2.70. The van der Waals surface area contributed by atoms with Crippen molar-refractivity contribution in [3.8, 4) is 5.69 Å². The van der Waals surface area contributed by atoms with Crippen LogP contribution in [-0.2, 0) is 0 Å². The summed E-state index contributed by atoms with van der Waals surface area (Å²) in [6.07, 6.45) is 4.41. The number of halogens is 3. The number of aromatic nitrogens is 3. The van der Waals surface area contributed by atoms with Crippen molar-refractivity contribution in [2.24, 2.45) is 5.10 Å². The Morgan fingerprint density at radius 1 is 1.08 bits per heavy atom. The molecule has 1 aromatic carbocycles. The van der Waals surface area contributed by atoms with Gasteiger partial charge < -0.3 is 0 Å². The van der Waals surface area contributed by atoms with Crippen LogP contribution in [0, 0.1) is 0 Å². The second-order valence-electron chi connectivity index (χ2n) is 4.80. The summed E-state index contributed by atoms with van der Waals surface area (Å²) >= 11 is 18.1. The van der Waals surface area contributed by atoms with Crippen molar-refractivity contribution in [3.05, 3.63) is 75.5 Å². The molecule has 0 spiro atoms. The van der Waals surface area contributed by atoms with Crippen molar-refractivity contribution in [1.29, 1.82) is 0 Å². The molecule has 0 aliphatic heterocycles. The first-order valence-electron chi connectivity index (χ1n) is 6.99. The summed E-state index contributed by atoms with van der Waals surface area (Å²) in [6.45, 7) is 0. The Morgan fingerprint density at radius 3 is 2.44 bits per heavy atom. The minimum Gasteiger partial charge on any atom is -0.281 e. The molecule has 9 heteroatoms. The number of rotatable bonds is 4. The first kappa shape index (κ1) is 17.4. The van der Waals surface area contributed by atoms with E-state index in [1.807, 2.05) is 0 Å². The van der Waals surface area contributed by atoms with Gasteiger partial charge in [0.1, 0.15) is 5.69 Å². The van der Waals surface area contributed by atoms with E-state index in [-0.39, 0.29) is 16.3 Å². The summed E-state index contributed by atoms with van der Waals surface area (Å²) < 4.78 is 1.59. The lowest BCUT2D eigenvalue weighted by Gasteiger charge is -2.07. The molecule has 1 amide bonds. The number of hydrazone groups is 1. The van der Waals surface area contributed by atoms with E-state index in [9.17, 15) is 4.79 Å². The van der Waals surface area contributed by atoms with Crippen molar-refractivity contribution >= 4 is 46.9 Å². The summed E-state index contributed by atoms with van der Waals surface area (Å²) in [5.41, 5.74) is 3.97. The van der Waals surface area contributed by atoms with Gasteiger partial charge in [-0.2, -0.15) is 5.10 Å². The van der Waals surface area contributed by atoms with E-state index in [0.717, 1.165) is 0 Å². The molecule has 0 atom stereocenters. The maximum atomic E-state index is 12.0. The van der Waals surface area contributed by atoms with Crippen LogP contribution in [0.2, 0.25) is 15.5 Å². The highest BCUT2D eigenvalue weighted by Gasteiger charge is 2.15. The molecule has 3 rings (SSSR count). The van der Waals surface area contributed by atoms with Crippen LogP contribution < -0.4 is 5.43 Å². The van der Waals surface area contributed by atoms with Crippen LogP contribution in [0.3, 0.4) is 0 Å². The number of nitrogens with one attached hydrogen (secondary N) is 1. The number of nitrogens with zero attached hydrogens (tertiary/aromatic N) is 4. The van der Waals surface area contributed by atoms with Gasteiger partial charge in [0, 0.05) is 28.7 Å². The van der Waals surface area contributed by atoms with Crippen molar-refractivity contribution < 1.29 is 4.79 Å². The average molecular weight is 395 g/mol. The molecule has 0 saturated carbocycles. The zero-order chi connectivity index (χ0) is 17.8. The lowest BCUT2D eigenvalue weighted by Crippen LogP contribution is -2.17. The number of imidazole rings is 1. The highest BCUT2D eigenvalue weighted by molar-refractivity contribution is 6.34. The third kappa shape index (κ3) is 3.99. The van der Waals surface area contributed by atoms with E-state index >= 15 is 0 Å². The van der Waals surface area contributed by atoms with Crippen LogP contribution in [0.4, 0.5) is 0 Å². The van der Waals surface area contributed by atoms with Gasteiger partial charge in [-0.3, -0.25) is 14.3 Å². The average Bonchev–Trinajstić information content (AvgIpc) is 2.90. The SMILES string of the molecule is O=C(N/N=C/c1c(Cl)nc(Cl)n1-c1ccc(Cl)cc1)c1ccncc1. The predicted octanol–water partition coefficient (Wildman–Crippen LogP) is 3.99. The third-order valence-electron chi connectivity index (χ3n) is 3.21. The second-order valence-corrected chi connectivity index (χ2v) is 5.94. The highest BCUT2D eigenvalue weighted by Crippen LogP contribution is 2.25. The molecule has 2 heterocycles. The predicted molar refractivity (Wildman–Crippen MR) is 97.9 cm³/mol. The van der Waals surface area contributed by atoms with Crippen LogP contribution >= 0.6 is 34.8 Å². The van der Waals surface area contributed by atoms with Crippen LogP contribution in [-0.4, -0.2) is 26.7 Å². The quantitative estimate of drug-likeness (QED) is 0.537. The van der Waals surface area contributed by atoms with E-state index in [1.165, 1.54) is 18.6 Å². The lowest BCUT2D eigenvalue weighted by atomic mass is 10.3. The van der Waals surface area contributed by atoms with Crippen molar-refractivity contribution in [3.63, 3.8) is 0 Å². The van der Waals surface area contributed by atoms with Gasteiger partial charge >= 0.3 is 0 Å². The summed E-state index contributed by atoms with van der Waals surface area (Å²) in [6, 6.07) is 10.1. The molecule has 0 aliphatic carbocycles. The van der Waals surface area contributed by atoms with Gasteiger partial charge in [-0.05, 0) is 48.0 Å². The Kier molecular flexibility index (Phi) is 5.33. The molecule has 126 valence electrons. The fraction of sp³-hybridized carbons (Fsp3) is 0. The van der Waals surface area contributed by atoms with Crippen LogP contribution in [0.25, 0.3) is 5.69 Å². The number of hydrogen-bond acceptors (Lipinski definition) is 4. The van der Waals surface area contributed by atoms with Gasteiger partial charge in [0.25, 0.3) is 5.91 Å². The lowest BCUT2D eigenvalue weighted by molar-refractivity contribution is 0.0955. The third-order valence-corrected chi connectivity index (χ3v) is 3.99. The molecule has 25 heavy (non-hydrogen) atoms. The molecule has 0 saturated heterocycles. The first-order valence-corrected chi connectivity index (χ1v) is 8.13. The summed E-state index contributed by atoms with van der Waals surface area (Å²) in [4.78, 5) is 19.8. The number of amides is 1. The van der Waals surface area contributed by atoms with E-state index in [0.29, 0.717) is 22.0 Å². The highest BCUT2D eigenvalue weighted by atomic mass is 35.5. The molecule has 2 aromatic heterocycles. The van der Waals surface area contributed by atoms with Crippen molar-refractivity contribution in [2.45, 2.75) is 0 Å². The molecule has 6 nitrogen and oxygen atoms in total. The minimum absolute atomic E-state index is 0.155. The smallest absolute Gasteiger partial charge is 0.271 e. The molecule has 0 bridgehead atoms. The van der Waals surface area contributed by atoms with Gasteiger partial charge in [0.05, 0.1) is 6.21 Å². The molecular formula is C16H10Cl3N5O. The number of carbonyl (C=O) groups excluding carboxylic acids is 1. The monoisotopic (exact) mass is 393 g/mol. The molecule has 3 aromatic rings. The molecule has 1 N–H and O–H groups in total. The van der Waals surface area contributed by atoms with Gasteiger partial charge in [0.2, 0.25) is 5.28 Å². The van der Waals surface area contributed by atoms with Gasteiger partial charge in [-0.1, -0.05) is 23.2 Å². The molecule has 0 fully saturated rings. The summed E-state index contributed by atoms with van der Waals surface area (Å²) in [5.74, 6) is -0.376. The zero-order valence-electron chi connectivity index (χ0n) is 12.5. The molecule has 0 radical (unpaired) electrons. The summed E-state index contributed by atoms with van der Waals surface area (Å²) in [5, 5.41) is 4.83. The first-order chi connectivity index (χ1) is 12.1. The Bertz CT molecular complexity index is 923. The van der Waals surface area contributed by atoms with Crippen molar-refractivity contribution in [2.75, 3.05) is 0 Å². The maximum absolute atomic E-state index is 12.0. The Balaban J connectivity index is 1.85. The number of hydrogen-bond donors (Lipinski definition) is 1. The van der Waals surface area contributed by atoms with Crippen LogP contribution in [0.5, 0.6) is 0 Å². The standard InChI is InChI=1S/C16H10Cl3N5O/c17-11-1-3-12(4-2-11)24-13(14(18)22-16(24)19)9-21-23-15(25)10-5-7-20-8-6-10/h1-9H,(H,23,25)/b21-9+. The van der Waals surface area contributed by atoms with E-state index in [2.05, 4.69) is 20.5 Å². The minimum atomic E-state index is -0.376. The van der Waals surface area contributed by atoms with Gasteiger partial charge in [-0.25, -0.2) is 10.4 Å². The van der Waals surface area contributed by atoms with E-state index in [1.54, 1.807) is 41.0 Å². The van der Waals surface area contributed by atoms with Crippen LogP contribution in [0.15, 0.2) is 53.9 Å². The van der Waals surface area contributed by atoms with Crippen molar-refractivity contribution in [1.82, 2.24) is 20.0 Å². The van der Waals surface area contributed by atoms with E-state index < -0.39 is 0 Å². The molecular weight excluding hydrogens is 385 g/mol. The summed E-state index contributed by atoms with van der Waals surface area (Å²) in [7, 11) is 0. The molecule has 0 unspecified atom stereocenters. The van der Waals surface area contributed by atoms with Crippen LogP contribution in [0.1, 0.15) is 16.1 Å². The molecule has 0 aliphatic rings. The topological polar surface area (TPSA) is 72.2 Å². The maximum Gasteiger partial charge on any atom is 0.271 e. The fourth-order valence-electron chi connectivity index (χ4n) is 2.05. The largest absolute Gasteiger partial charge is 0.281 e. The normalized spacial score (nSPS) is 11.0. The number of carbonyl (C=O) groups is 1. The Hall–Kier alpha value is -2.41. The van der Waals surface area contributed by atoms with Gasteiger partial charge in [0.15, 0.2) is 5.15 Å². The Morgan fingerprint density at radius 2 is 1.76 bits per heavy atom. The zero-order valence-corrected chi connectivity index (χ0v) is 14.8. The Labute approximate surface area is 158 Å². The van der Waals surface area contributed by atoms with E-state index in [4.69, 9.17) is 34.8 Å². The number of benzene rings is 1. The van der Waals surface area contributed by atoms with Gasteiger partial charge in [-0.15, -0.1) is 0 Å². The number of pyridine rings is 1. The second kappa shape index (κ2) is 7.65.